The Morgan fingerprint density at radius 3 is 2.78 bits per heavy atom. The fraction of sp³-hybridized carbons (Fsp3) is 0.462. The molecule has 1 aromatic rings. The summed E-state index contributed by atoms with van der Waals surface area (Å²) in [6.07, 6.45) is 0.194. The Kier molecular flexibility index (Phi) is 6.00. The Labute approximate surface area is 107 Å². The summed E-state index contributed by atoms with van der Waals surface area (Å²) in [5, 5.41) is 3.07. The van der Waals surface area contributed by atoms with Gasteiger partial charge in [-0.05, 0) is 20.0 Å². The third-order valence-electron chi connectivity index (χ3n) is 2.32. The van der Waals surface area contributed by atoms with Crippen molar-refractivity contribution in [2.24, 2.45) is 5.73 Å². The lowest BCUT2D eigenvalue weighted by atomic mass is 10.2. The topological polar surface area (TPSA) is 73.6 Å². The molecule has 0 aliphatic rings. The van der Waals surface area contributed by atoms with Gasteiger partial charge >= 0.3 is 0 Å². The molecule has 0 bridgehead atoms. The molecule has 0 spiro atoms. The van der Waals surface area contributed by atoms with Gasteiger partial charge in [0, 0.05) is 12.1 Å². The van der Waals surface area contributed by atoms with Crippen molar-refractivity contribution >= 4 is 5.91 Å². The van der Waals surface area contributed by atoms with Crippen molar-refractivity contribution < 1.29 is 14.3 Å². The van der Waals surface area contributed by atoms with Crippen LogP contribution < -0.4 is 20.5 Å². The lowest BCUT2D eigenvalue weighted by Gasteiger charge is -2.15. The van der Waals surface area contributed by atoms with E-state index in [1.165, 1.54) is 0 Å². The number of nitrogens with one attached hydrogen (secondary N) is 1. The number of carbonyl (C=O) groups is 1. The molecule has 0 saturated heterocycles. The van der Waals surface area contributed by atoms with Crippen LogP contribution in [0.1, 0.15) is 18.9 Å². The molecular weight excluding hydrogens is 232 g/mol. The van der Waals surface area contributed by atoms with E-state index >= 15 is 0 Å². The van der Waals surface area contributed by atoms with Gasteiger partial charge in [0.1, 0.15) is 0 Å². The van der Waals surface area contributed by atoms with Gasteiger partial charge in [0.2, 0.25) is 5.91 Å². The van der Waals surface area contributed by atoms with Crippen LogP contribution in [0.4, 0.5) is 0 Å². The average molecular weight is 252 g/mol. The van der Waals surface area contributed by atoms with Crippen LogP contribution in [-0.2, 0) is 11.3 Å². The highest BCUT2D eigenvalue weighted by Gasteiger charge is 2.10. The van der Waals surface area contributed by atoms with E-state index in [2.05, 4.69) is 5.32 Å². The van der Waals surface area contributed by atoms with Gasteiger partial charge < -0.3 is 20.5 Å². The van der Waals surface area contributed by atoms with Crippen LogP contribution in [-0.4, -0.2) is 26.2 Å². The number of hydrogen-bond acceptors (Lipinski definition) is 4. The summed E-state index contributed by atoms with van der Waals surface area (Å²) < 4.78 is 11.1. The standard InChI is InChI=1S/C13H20N2O3/c1-3-17-11-6-4-5-10(9-15-2)13(11)18-8-7-12(14)16/h4-6,15H,3,7-9H2,1-2H3,(H2,14,16). The van der Waals surface area contributed by atoms with Crippen LogP contribution in [0.2, 0.25) is 0 Å². The van der Waals surface area contributed by atoms with E-state index < -0.39 is 0 Å². The number of hydrogen-bond donors (Lipinski definition) is 2. The van der Waals surface area contributed by atoms with Crippen LogP contribution in [0.3, 0.4) is 0 Å². The zero-order chi connectivity index (χ0) is 13.4. The van der Waals surface area contributed by atoms with E-state index in [-0.39, 0.29) is 18.9 Å². The van der Waals surface area contributed by atoms with Crippen LogP contribution in [0, 0.1) is 0 Å². The molecule has 1 aromatic carbocycles. The lowest BCUT2D eigenvalue weighted by Crippen LogP contribution is -2.16. The fourth-order valence-corrected chi connectivity index (χ4v) is 1.58. The summed E-state index contributed by atoms with van der Waals surface area (Å²) in [4.78, 5) is 10.7. The van der Waals surface area contributed by atoms with E-state index in [1.807, 2.05) is 32.2 Å². The number of rotatable bonds is 8. The highest BCUT2D eigenvalue weighted by molar-refractivity contribution is 5.73. The Morgan fingerprint density at radius 2 is 2.17 bits per heavy atom. The summed E-state index contributed by atoms with van der Waals surface area (Å²) in [5.41, 5.74) is 6.08. The minimum Gasteiger partial charge on any atom is -0.490 e. The van der Waals surface area contributed by atoms with E-state index in [1.54, 1.807) is 0 Å². The quantitative estimate of drug-likeness (QED) is 0.725. The number of amides is 1. The van der Waals surface area contributed by atoms with E-state index in [9.17, 15) is 4.79 Å². The van der Waals surface area contributed by atoms with Crippen molar-refractivity contribution in [1.29, 1.82) is 0 Å². The van der Waals surface area contributed by atoms with Crippen molar-refractivity contribution in [3.8, 4) is 11.5 Å². The zero-order valence-electron chi connectivity index (χ0n) is 10.9. The minimum absolute atomic E-state index is 0.194. The Hall–Kier alpha value is -1.75. The molecule has 100 valence electrons. The molecule has 0 saturated carbocycles. The number of nitrogens with two attached hydrogens (primary N) is 1. The normalized spacial score (nSPS) is 10.1. The molecular formula is C13H20N2O3. The molecule has 0 aliphatic heterocycles. The summed E-state index contributed by atoms with van der Waals surface area (Å²) >= 11 is 0. The van der Waals surface area contributed by atoms with Crippen molar-refractivity contribution in [1.82, 2.24) is 5.32 Å². The molecule has 1 amide bonds. The molecule has 5 nitrogen and oxygen atoms in total. The molecule has 18 heavy (non-hydrogen) atoms. The second-order valence-electron chi connectivity index (χ2n) is 3.77. The van der Waals surface area contributed by atoms with Crippen LogP contribution in [0.5, 0.6) is 11.5 Å². The molecule has 3 N–H and O–H groups in total. The lowest BCUT2D eigenvalue weighted by molar-refractivity contribution is -0.118. The number of carbonyl (C=O) groups excluding carboxylic acids is 1. The molecule has 0 heterocycles. The van der Waals surface area contributed by atoms with Crippen molar-refractivity contribution in [2.45, 2.75) is 19.9 Å². The Balaban J connectivity index is 2.83. The van der Waals surface area contributed by atoms with Gasteiger partial charge in [-0.3, -0.25) is 4.79 Å². The van der Waals surface area contributed by atoms with Gasteiger partial charge in [0.15, 0.2) is 11.5 Å². The predicted molar refractivity (Wildman–Crippen MR) is 69.7 cm³/mol. The largest absolute Gasteiger partial charge is 0.490 e. The maximum Gasteiger partial charge on any atom is 0.220 e. The van der Waals surface area contributed by atoms with E-state index in [4.69, 9.17) is 15.2 Å². The van der Waals surface area contributed by atoms with Crippen molar-refractivity contribution in [3.63, 3.8) is 0 Å². The zero-order valence-corrected chi connectivity index (χ0v) is 10.9. The van der Waals surface area contributed by atoms with Crippen LogP contribution in [0.15, 0.2) is 18.2 Å². The average Bonchev–Trinajstić information content (AvgIpc) is 2.32. The molecule has 5 heteroatoms. The number of benzene rings is 1. The monoisotopic (exact) mass is 252 g/mol. The number of ether oxygens (including phenoxy) is 2. The molecule has 0 fully saturated rings. The van der Waals surface area contributed by atoms with Crippen molar-refractivity contribution in [3.05, 3.63) is 23.8 Å². The highest BCUT2D eigenvalue weighted by Crippen LogP contribution is 2.31. The van der Waals surface area contributed by atoms with Crippen molar-refractivity contribution in [2.75, 3.05) is 20.3 Å². The second kappa shape index (κ2) is 7.55. The van der Waals surface area contributed by atoms with Gasteiger partial charge in [0.05, 0.1) is 19.6 Å². The minimum atomic E-state index is -0.376. The summed E-state index contributed by atoms with van der Waals surface area (Å²) in [6.45, 7) is 3.41. The SMILES string of the molecule is CCOc1cccc(CNC)c1OCCC(N)=O. The maximum atomic E-state index is 10.7. The van der Waals surface area contributed by atoms with Crippen LogP contribution >= 0.6 is 0 Å². The molecule has 0 aromatic heterocycles. The van der Waals surface area contributed by atoms with E-state index in [0.717, 1.165) is 5.56 Å². The van der Waals surface area contributed by atoms with Crippen LogP contribution in [0.25, 0.3) is 0 Å². The summed E-state index contributed by atoms with van der Waals surface area (Å²) in [6, 6.07) is 5.72. The molecule has 1 rings (SSSR count). The summed E-state index contributed by atoms with van der Waals surface area (Å²) in [7, 11) is 1.86. The maximum absolute atomic E-state index is 10.7. The third kappa shape index (κ3) is 4.25. The smallest absolute Gasteiger partial charge is 0.220 e. The molecule has 0 aliphatic carbocycles. The first-order chi connectivity index (χ1) is 8.69. The fourth-order valence-electron chi connectivity index (χ4n) is 1.58. The van der Waals surface area contributed by atoms with Gasteiger partial charge in [-0.1, -0.05) is 12.1 Å². The second-order valence-corrected chi connectivity index (χ2v) is 3.77. The van der Waals surface area contributed by atoms with Gasteiger partial charge in [-0.15, -0.1) is 0 Å². The van der Waals surface area contributed by atoms with Gasteiger partial charge in [0.25, 0.3) is 0 Å². The first-order valence-corrected chi connectivity index (χ1v) is 5.99. The Bertz CT molecular complexity index is 370. The molecule has 0 unspecified atom stereocenters. The van der Waals surface area contributed by atoms with Gasteiger partial charge in [-0.2, -0.15) is 0 Å². The number of para-hydroxylation sites is 1. The first kappa shape index (κ1) is 14.3. The van der Waals surface area contributed by atoms with Gasteiger partial charge in [-0.25, -0.2) is 0 Å². The third-order valence-corrected chi connectivity index (χ3v) is 2.32. The Morgan fingerprint density at radius 1 is 1.39 bits per heavy atom. The highest BCUT2D eigenvalue weighted by atomic mass is 16.5. The first-order valence-electron chi connectivity index (χ1n) is 5.99. The molecule has 0 atom stereocenters. The molecule has 0 radical (unpaired) electrons. The summed E-state index contributed by atoms with van der Waals surface area (Å²) in [5.74, 6) is 0.990. The predicted octanol–water partition coefficient (Wildman–Crippen LogP) is 1.06. The van der Waals surface area contributed by atoms with E-state index in [0.29, 0.717) is 24.7 Å². The number of primary amides is 1.